The van der Waals surface area contributed by atoms with Gasteiger partial charge in [-0.2, -0.15) is 0 Å². The van der Waals surface area contributed by atoms with Crippen LogP contribution in [0.3, 0.4) is 0 Å². The largest absolute Gasteiger partial charge is 0.393 e. The van der Waals surface area contributed by atoms with Gasteiger partial charge in [-0.25, -0.2) is 0 Å². The maximum Gasteiger partial charge on any atom is 0.171 e. The van der Waals surface area contributed by atoms with Crippen molar-refractivity contribution in [2.45, 2.75) is 110 Å². The lowest BCUT2D eigenvalue weighted by molar-refractivity contribution is -0.273. The molecule has 1 spiro atoms. The third-order valence-electron chi connectivity index (χ3n) is 11.9. The van der Waals surface area contributed by atoms with Crippen molar-refractivity contribution < 1.29 is 14.6 Å². The molecular formula is C27H44O3. The summed E-state index contributed by atoms with van der Waals surface area (Å²) in [5, 5.41) is 10.3. The summed E-state index contributed by atoms with van der Waals surface area (Å²) in [4.78, 5) is 0. The van der Waals surface area contributed by atoms with Crippen LogP contribution in [0.15, 0.2) is 0 Å². The molecule has 2 saturated heterocycles. The van der Waals surface area contributed by atoms with Crippen molar-refractivity contribution in [3.8, 4) is 0 Å². The standard InChI is InChI=1S/C27H44O3/c1-16-7-12-27(29-15-16)17(2)24-23(30-27)14-22-20-6-5-18-13-19(28)8-10-25(18,3)21(20)9-11-26(22,24)4/h16-24,28H,5-15H2,1-4H3/t16-,17+,18-,19-,20+,21+,22+,23-,24-,25-,26-,27-/m0/s1. The molecule has 0 radical (unpaired) electrons. The SMILES string of the molecule is C[C@H]1CC[C@]2(OC1)O[C@H]1C[C@@H]3[C@@H]4CC[C@H]5C[C@@H](O)CC[C@]5(C)[C@@H]4CC[C@]3(C)[C@H]1[C@H]2C. The Labute approximate surface area is 183 Å². The fraction of sp³-hybridized carbons (Fsp3) is 1.00. The molecule has 3 heteroatoms. The van der Waals surface area contributed by atoms with Crippen molar-refractivity contribution >= 4 is 0 Å². The first-order valence-electron chi connectivity index (χ1n) is 13.3. The van der Waals surface area contributed by atoms with E-state index >= 15 is 0 Å². The molecule has 6 aliphatic rings. The summed E-state index contributed by atoms with van der Waals surface area (Å²) >= 11 is 0. The zero-order valence-electron chi connectivity index (χ0n) is 19.7. The van der Waals surface area contributed by atoms with Crippen molar-refractivity contribution in [2.24, 2.45) is 52.3 Å². The Morgan fingerprint density at radius 2 is 1.63 bits per heavy atom. The highest BCUT2D eigenvalue weighted by molar-refractivity contribution is 5.15. The molecule has 4 aliphatic carbocycles. The second-order valence-corrected chi connectivity index (χ2v) is 13.1. The van der Waals surface area contributed by atoms with Gasteiger partial charge in [-0.3, -0.25) is 0 Å². The molecule has 0 amide bonds. The number of hydrogen-bond donors (Lipinski definition) is 1. The first-order valence-corrected chi connectivity index (χ1v) is 13.3. The van der Waals surface area contributed by atoms with E-state index in [9.17, 15) is 5.11 Å². The normalized spacial score (nSPS) is 62.5. The van der Waals surface area contributed by atoms with E-state index in [-0.39, 0.29) is 11.9 Å². The van der Waals surface area contributed by atoms with Gasteiger partial charge in [0.2, 0.25) is 0 Å². The molecule has 6 rings (SSSR count). The minimum atomic E-state index is -0.282. The van der Waals surface area contributed by atoms with Crippen LogP contribution in [0.2, 0.25) is 0 Å². The van der Waals surface area contributed by atoms with Crippen LogP contribution in [0.4, 0.5) is 0 Å². The zero-order chi connectivity index (χ0) is 20.9. The van der Waals surface area contributed by atoms with Crippen LogP contribution in [0.5, 0.6) is 0 Å². The highest BCUT2D eigenvalue weighted by Gasteiger charge is 2.69. The van der Waals surface area contributed by atoms with E-state index in [0.29, 0.717) is 34.7 Å². The molecule has 0 aromatic heterocycles. The van der Waals surface area contributed by atoms with Gasteiger partial charge in [0.05, 0.1) is 18.8 Å². The van der Waals surface area contributed by atoms with E-state index in [0.717, 1.165) is 49.5 Å². The molecule has 2 heterocycles. The molecule has 0 aromatic rings. The Bertz CT molecular complexity index is 684. The Balaban J connectivity index is 1.26. The smallest absolute Gasteiger partial charge is 0.171 e. The van der Waals surface area contributed by atoms with Gasteiger partial charge in [-0.05, 0) is 104 Å². The maximum atomic E-state index is 10.3. The van der Waals surface area contributed by atoms with Crippen LogP contribution in [0, 0.1) is 52.3 Å². The van der Waals surface area contributed by atoms with Gasteiger partial charge in [0.15, 0.2) is 5.79 Å². The third kappa shape index (κ3) is 2.61. The third-order valence-corrected chi connectivity index (χ3v) is 11.9. The molecule has 170 valence electrons. The molecule has 4 saturated carbocycles. The summed E-state index contributed by atoms with van der Waals surface area (Å²) in [6.07, 6.45) is 12.9. The summed E-state index contributed by atoms with van der Waals surface area (Å²) < 4.78 is 13.4. The highest BCUT2D eigenvalue weighted by Crippen LogP contribution is 2.71. The Hall–Kier alpha value is -0.120. The molecule has 12 atom stereocenters. The summed E-state index contributed by atoms with van der Waals surface area (Å²) in [5.74, 6) is 4.93. The minimum Gasteiger partial charge on any atom is -0.393 e. The molecule has 6 fully saturated rings. The fourth-order valence-corrected chi connectivity index (χ4v) is 10.3. The van der Waals surface area contributed by atoms with Crippen molar-refractivity contribution in [1.82, 2.24) is 0 Å². The summed E-state index contributed by atoms with van der Waals surface area (Å²) in [5.41, 5.74) is 0.899. The van der Waals surface area contributed by atoms with Gasteiger partial charge >= 0.3 is 0 Å². The first-order chi connectivity index (χ1) is 14.3. The predicted octanol–water partition coefficient (Wildman–Crippen LogP) is 5.79. The number of rotatable bonds is 0. The van der Waals surface area contributed by atoms with Crippen LogP contribution in [0.1, 0.15) is 91.9 Å². The summed E-state index contributed by atoms with van der Waals surface area (Å²) in [6.45, 7) is 10.9. The predicted molar refractivity (Wildman–Crippen MR) is 118 cm³/mol. The van der Waals surface area contributed by atoms with Gasteiger partial charge in [0.25, 0.3) is 0 Å². The molecule has 0 bridgehead atoms. The van der Waals surface area contributed by atoms with Crippen LogP contribution in [-0.2, 0) is 9.47 Å². The van der Waals surface area contributed by atoms with E-state index < -0.39 is 0 Å². The topological polar surface area (TPSA) is 38.7 Å². The molecule has 0 aromatic carbocycles. The lowest BCUT2D eigenvalue weighted by Gasteiger charge is -2.61. The van der Waals surface area contributed by atoms with Crippen LogP contribution >= 0.6 is 0 Å². The maximum absolute atomic E-state index is 10.3. The van der Waals surface area contributed by atoms with Gasteiger partial charge < -0.3 is 14.6 Å². The van der Waals surface area contributed by atoms with E-state index in [4.69, 9.17) is 9.47 Å². The van der Waals surface area contributed by atoms with Gasteiger partial charge in [-0.15, -0.1) is 0 Å². The fourth-order valence-electron chi connectivity index (χ4n) is 10.3. The lowest BCUT2D eigenvalue weighted by Crippen LogP contribution is -2.55. The monoisotopic (exact) mass is 416 g/mol. The minimum absolute atomic E-state index is 0.0389. The van der Waals surface area contributed by atoms with E-state index in [1.807, 2.05) is 0 Å². The van der Waals surface area contributed by atoms with Crippen LogP contribution in [-0.4, -0.2) is 29.7 Å². The Morgan fingerprint density at radius 1 is 0.833 bits per heavy atom. The highest BCUT2D eigenvalue weighted by atomic mass is 16.7. The van der Waals surface area contributed by atoms with E-state index in [1.165, 1.54) is 44.9 Å². The quantitative estimate of drug-likeness (QED) is 0.543. The number of ether oxygens (including phenoxy) is 2. The van der Waals surface area contributed by atoms with Crippen molar-refractivity contribution in [3.63, 3.8) is 0 Å². The average Bonchev–Trinajstić information content (AvgIpc) is 3.16. The first kappa shape index (κ1) is 20.5. The molecule has 2 aliphatic heterocycles. The summed E-state index contributed by atoms with van der Waals surface area (Å²) in [7, 11) is 0. The van der Waals surface area contributed by atoms with Crippen molar-refractivity contribution in [3.05, 3.63) is 0 Å². The molecule has 3 nitrogen and oxygen atoms in total. The van der Waals surface area contributed by atoms with Crippen LogP contribution in [0.25, 0.3) is 0 Å². The average molecular weight is 417 g/mol. The van der Waals surface area contributed by atoms with Gasteiger partial charge in [-0.1, -0.05) is 27.7 Å². The Kier molecular flexibility index (Phi) is 4.58. The molecule has 30 heavy (non-hydrogen) atoms. The number of fused-ring (bicyclic) bond motifs is 7. The summed E-state index contributed by atoms with van der Waals surface area (Å²) in [6, 6.07) is 0. The van der Waals surface area contributed by atoms with Gasteiger partial charge in [0, 0.05) is 12.3 Å². The number of aliphatic hydroxyl groups excluding tert-OH is 1. The molecule has 0 unspecified atom stereocenters. The van der Waals surface area contributed by atoms with Crippen molar-refractivity contribution in [2.75, 3.05) is 6.61 Å². The van der Waals surface area contributed by atoms with Gasteiger partial charge in [0.1, 0.15) is 0 Å². The number of hydrogen-bond acceptors (Lipinski definition) is 3. The zero-order valence-corrected chi connectivity index (χ0v) is 19.7. The second kappa shape index (κ2) is 6.70. The number of aliphatic hydroxyl groups is 1. The van der Waals surface area contributed by atoms with Crippen LogP contribution < -0.4 is 0 Å². The van der Waals surface area contributed by atoms with E-state index in [2.05, 4.69) is 27.7 Å². The van der Waals surface area contributed by atoms with E-state index in [1.54, 1.807) is 0 Å². The Morgan fingerprint density at radius 3 is 2.40 bits per heavy atom. The lowest BCUT2D eigenvalue weighted by atomic mass is 9.44. The molecular weight excluding hydrogens is 372 g/mol. The van der Waals surface area contributed by atoms with Crippen molar-refractivity contribution in [1.29, 1.82) is 0 Å². The second-order valence-electron chi connectivity index (χ2n) is 13.1. The molecule has 1 N–H and O–H groups in total.